The molecule has 1 spiro atoms. The van der Waals surface area contributed by atoms with E-state index in [0.29, 0.717) is 35.4 Å². The van der Waals surface area contributed by atoms with Crippen molar-refractivity contribution in [3.8, 4) is 11.5 Å². The van der Waals surface area contributed by atoms with Crippen LogP contribution in [0, 0.1) is 23.7 Å². The molecule has 0 unspecified atom stereocenters. The first-order valence-electron chi connectivity index (χ1n) is 11.8. The van der Waals surface area contributed by atoms with Crippen LogP contribution in [0.3, 0.4) is 0 Å². The van der Waals surface area contributed by atoms with Crippen molar-refractivity contribution in [3.05, 3.63) is 23.8 Å². The topological polar surface area (TPSA) is 79.9 Å². The van der Waals surface area contributed by atoms with Crippen LogP contribution in [0.4, 0.5) is 0 Å². The highest BCUT2D eigenvalue weighted by Crippen LogP contribution is 2.52. The zero-order chi connectivity index (χ0) is 21.2. The molecule has 31 heavy (non-hydrogen) atoms. The number of hydrogen-bond donors (Lipinski definition) is 2. The lowest BCUT2D eigenvalue weighted by Gasteiger charge is -2.55. The summed E-state index contributed by atoms with van der Waals surface area (Å²) in [7, 11) is 1.61. The van der Waals surface area contributed by atoms with Crippen molar-refractivity contribution in [3.63, 3.8) is 0 Å². The minimum Gasteiger partial charge on any atom is -0.497 e. The SMILES string of the molecule is COc1ccc2c(c1)O[C@]1(C[C@@H]3CC[C@@H]1C[C@@H]3C(=O)N[C@@H]1CN3CCC1CC3)NC2=O. The monoisotopic (exact) mass is 425 g/mol. The van der Waals surface area contributed by atoms with E-state index in [1.165, 1.54) is 25.9 Å². The van der Waals surface area contributed by atoms with Crippen LogP contribution >= 0.6 is 0 Å². The van der Waals surface area contributed by atoms with E-state index in [0.717, 1.165) is 25.8 Å². The molecule has 7 nitrogen and oxygen atoms in total. The maximum atomic E-state index is 13.3. The van der Waals surface area contributed by atoms with Gasteiger partial charge in [-0.1, -0.05) is 0 Å². The number of piperidine rings is 3. The van der Waals surface area contributed by atoms with Gasteiger partial charge in [-0.15, -0.1) is 0 Å². The van der Waals surface area contributed by atoms with Crippen LogP contribution in [-0.2, 0) is 4.79 Å². The Balaban J connectivity index is 1.19. The van der Waals surface area contributed by atoms with Gasteiger partial charge in [-0.25, -0.2) is 0 Å². The van der Waals surface area contributed by atoms with E-state index in [1.54, 1.807) is 25.3 Å². The van der Waals surface area contributed by atoms with Gasteiger partial charge in [0.1, 0.15) is 11.5 Å². The number of nitrogens with zero attached hydrogens (tertiary/aromatic N) is 1. The molecule has 1 aromatic rings. The molecule has 8 rings (SSSR count). The Morgan fingerprint density at radius 3 is 2.74 bits per heavy atom. The summed E-state index contributed by atoms with van der Waals surface area (Å²) >= 11 is 0. The van der Waals surface area contributed by atoms with E-state index in [9.17, 15) is 9.59 Å². The van der Waals surface area contributed by atoms with Gasteiger partial charge in [-0.05, 0) is 69.2 Å². The number of nitrogens with one attached hydrogen (secondary N) is 2. The average Bonchev–Trinajstić information content (AvgIpc) is 2.79. The summed E-state index contributed by atoms with van der Waals surface area (Å²) in [5.74, 6) is 2.42. The summed E-state index contributed by atoms with van der Waals surface area (Å²) < 4.78 is 11.8. The average molecular weight is 426 g/mol. The van der Waals surface area contributed by atoms with E-state index >= 15 is 0 Å². The maximum Gasteiger partial charge on any atom is 0.258 e. The van der Waals surface area contributed by atoms with E-state index in [4.69, 9.17) is 9.47 Å². The van der Waals surface area contributed by atoms with Crippen LogP contribution < -0.4 is 20.1 Å². The molecule has 166 valence electrons. The summed E-state index contributed by atoms with van der Waals surface area (Å²) in [5.41, 5.74) is -0.157. The van der Waals surface area contributed by atoms with Crippen molar-refractivity contribution in [1.82, 2.24) is 15.5 Å². The number of rotatable bonds is 3. The predicted octanol–water partition coefficient (Wildman–Crippen LogP) is 2.16. The van der Waals surface area contributed by atoms with Gasteiger partial charge in [-0.2, -0.15) is 0 Å². The second-order valence-corrected chi connectivity index (χ2v) is 10.1. The standard InChI is InChI=1S/C24H31N3O4/c1-30-17-4-5-18-21(11-17)31-24(26-23(18)29)12-15-2-3-16(24)10-19(15)22(28)25-20-13-27-8-6-14(20)7-9-27/h4-5,11,14-16,19-20H,2-3,6-10,12-13H2,1H3,(H,25,28)(H,26,29)/t15-,16+,19-,20+,24-/m0/s1. The van der Waals surface area contributed by atoms with Crippen LogP contribution in [0.2, 0.25) is 0 Å². The largest absolute Gasteiger partial charge is 0.497 e. The number of ether oxygens (including phenoxy) is 2. The number of carbonyl (C=O) groups is 2. The minimum absolute atomic E-state index is 0.0204. The summed E-state index contributed by atoms with van der Waals surface area (Å²) in [4.78, 5) is 28.6. The molecule has 3 saturated heterocycles. The quantitative estimate of drug-likeness (QED) is 0.776. The Morgan fingerprint density at radius 2 is 2.06 bits per heavy atom. The molecule has 4 heterocycles. The lowest BCUT2D eigenvalue weighted by Crippen LogP contribution is -2.67. The molecule has 4 bridgehead atoms. The molecule has 1 aromatic carbocycles. The second kappa shape index (κ2) is 7.12. The Kier molecular flexibility index (Phi) is 4.46. The highest BCUT2D eigenvalue weighted by molar-refractivity contribution is 5.98. The van der Waals surface area contributed by atoms with Crippen LogP contribution in [0.15, 0.2) is 18.2 Å². The Morgan fingerprint density at radius 1 is 1.23 bits per heavy atom. The van der Waals surface area contributed by atoms with E-state index < -0.39 is 5.72 Å². The van der Waals surface area contributed by atoms with Crippen molar-refractivity contribution >= 4 is 11.8 Å². The van der Waals surface area contributed by atoms with Gasteiger partial charge >= 0.3 is 0 Å². The van der Waals surface area contributed by atoms with Gasteiger partial charge in [0.05, 0.1) is 12.7 Å². The van der Waals surface area contributed by atoms with Gasteiger partial charge in [0.25, 0.3) is 5.91 Å². The maximum absolute atomic E-state index is 13.3. The lowest BCUT2D eigenvalue weighted by atomic mass is 9.59. The molecular weight excluding hydrogens is 394 g/mol. The predicted molar refractivity (Wildman–Crippen MR) is 114 cm³/mol. The molecule has 0 radical (unpaired) electrons. The highest BCUT2D eigenvalue weighted by atomic mass is 16.5. The number of hydrogen-bond acceptors (Lipinski definition) is 5. The summed E-state index contributed by atoms with van der Waals surface area (Å²) in [6, 6.07) is 5.63. The number of amides is 2. The van der Waals surface area contributed by atoms with Crippen molar-refractivity contribution < 1.29 is 19.1 Å². The Bertz CT molecular complexity index is 912. The summed E-state index contributed by atoms with van der Waals surface area (Å²) in [6.45, 7) is 3.35. The van der Waals surface area contributed by atoms with Crippen molar-refractivity contribution in [2.24, 2.45) is 23.7 Å². The third-order valence-corrected chi connectivity index (χ3v) is 8.59. The third-order valence-electron chi connectivity index (χ3n) is 8.59. The fraction of sp³-hybridized carbons (Fsp3) is 0.667. The first kappa shape index (κ1) is 19.4. The first-order chi connectivity index (χ1) is 15.0. The second-order valence-electron chi connectivity index (χ2n) is 10.1. The van der Waals surface area contributed by atoms with Gasteiger partial charge in [0.15, 0.2) is 5.72 Å². The lowest BCUT2D eigenvalue weighted by molar-refractivity contribution is -0.148. The first-order valence-corrected chi connectivity index (χ1v) is 11.8. The highest BCUT2D eigenvalue weighted by Gasteiger charge is 2.57. The Hall–Kier alpha value is -2.28. The molecule has 3 aliphatic carbocycles. The van der Waals surface area contributed by atoms with E-state index in [2.05, 4.69) is 15.5 Å². The van der Waals surface area contributed by atoms with Crippen molar-refractivity contribution in [2.75, 3.05) is 26.7 Å². The molecule has 4 aliphatic heterocycles. The fourth-order valence-corrected chi connectivity index (χ4v) is 6.86. The van der Waals surface area contributed by atoms with Crippen LogP contribution in [0.5, 0.6) is 11.5 Å². The van der Waals surface area contributed by atoms with Crippen LogP contribution in [0.25, 0.3) is 0 Å². The molecule has 5 atom stereocenters. The van der Waals surface area contributed by atoms with Crippen LogP contribution in [0.1, 0.15) is 48.9 Å². The number of carbonyl (C=O) groups excluding carboxylic acids is 2. The summed E-state index contributed by atoms with van der Waals surface area (Å²) in [6.07, 6.45) is 5.87. The Labute approximate surface area is 182 Å². The van der Waals surface area contributed by atoms with E-state index in [-0.39, 0.29) is 29.6 Å². The smallest absolute Gasteiger partial charge is 0.258 e. The summed E-state index contributed by atoms with van der Waals surface area (Å²) in [5, 5.41) is 6.59. The zero-order valence-electron chi connectivity index (χ0n) is 18.1. The molecular formula is C24H31N3O4. The fourth-order valence-electron chi connectivity index (χ4n) is 6.86. The number of benzene rings is 1. The minimum atomic E-state index is -0.703. The molecule has 7 aliphatic rings. The van der Waals surface area contributed by atoms with Crippen molar-refractivity contribution in [2.45, 2.75) is 50.3 Å². The molecule has 2 N–H and O–H groups in total. The zero-order valence-corrected chi connectivity index (χ0v) is 18.1. The van der Waals surface area contributed by atoms with Crippen LogP contribution in [-0.4, -0.2) is 55.2 Å². The molecule has 6 fully saturated rings. The van der Waals surface area contributed by atoms with Gasteiger partial charge in [-0.3, -0.25) is 9.59 Å². The van der Waals surface area contributed by atoms with Gasteiger partial charge < -0.3 is 25.0 Å². The third kappa shape index (κ3) is 3.12. The van der Waals surface area contributed by atoms with E-state index in [1.807, 2.05) is 0 Å². The molecule has 2 amide bonds. The van der Waals surface area contributed by atoms with Gasteiger partial charge in [0, 0.05) is 36.9 Å². The van der Waals surface area contributed by atoms with Gasteiger partial charge in [0.2, 0.25) is 5.91 Å². The molecule has 3 saturated carbocycles. The van der Waals surface area contributed by atoms with Crippen molar-refractivity contribution in [1.29, 1.82) is 0 Å². The molecule has 0 aromatic heterocycles. The number of fused-ring (bicyclic) bond motifs is 6. The molecule has 7 heteroatoms. The normalized spacial score (nSPS) is 40.1. The number of methoxy groups -OCH3 is 1.